The number of carbonyl (C=O) groups excluding carboxylic acids is 1. The number of benzene rings is 3. The summed E-state index contributed by atoms with van der Waals surface area (Å²) >= 11 is 0. The third kappa shape index (κ3) is 9.12. The molecule has 1 aromatic heterocycles. The zero-order valence-electron chi connectivity index (χ0n) is 32.2. The molecule has 0 aliphatic carbocycles. The summed E-state index contributed by atoms with van der Waals surface area (Å²) in [6.45, 7) is 24.8. The van der Waals surface area contributed by atoms with Crippen LogP contribution in [-0.2, 0) is 24.9 Å². The van der Waals surface area contributed by atoms with Crippen LogP contribution >= 0.6 is 0 Å². The van der Waals surface area contributed by atoms with Gasteiger partial charge < -0.3 is 5.11 Å². The molecule has 3 nitrogen and oxygen atoms in total. The summed E-state index contributed by atoms with van der Waals surface area (Å²) in [4.78, 5) is 16.7. The van der Waals surface area contributed by atoms with E-state index < -0.39 is 16.1 Å². The Morgan fingerprint density at radius 3 is 2.06 bits per heavy atom. The first-order valence-electron chi connectivity index (χ1n) is 18.4. The minimum atomic E-state index is -1.94. The Morgan fingerprint density at radius 1 is 0.900 bits per heavy atom. The molecule has 6 heteroatoms. The number of ketones is 1. The first-order valence-corrected chi connectivity index (χ1v) is 24.9. The number of aromatic nitrogens is 1. The molecule has 0 spiro atoms. The van der Waals surface area contributed by atoms with Gasteiger partial charge in [0.25, 0.3) is 0 Å². The third-order valence-corrected chi connectivity index (χ3v) is 16.0. The van der Waals surface area contributed by atoms with E-state index in [-0.39, 0.29) is 43.5 Å². The maximum absolute atomic E-state index is 11.7. The van der Waals surface area contributed by atoms with Gasteiger partial charge in [-0.05, 0) is 54.0 Å². The normalized spacial score (nSPS) is 14.0. The summed E-state index contributed by atoms with van der Waals surface area (Å²) in [7, 11) is -3.25. The van der Waals surface area contributed by atoms with Gasteiger partial charge in [-0.2, -0.15) is 0 Å². The second-order valence-corrected chi connectivity index (χ2v) is 24.8. The zero-order chi connectivity index (χ0) is 36.1. The fourth-order valence-corrected chi connectivity index (χ4v) is 11.7. The Kier molecular flexibility index (Phi) is 14.6. The molecule has 0 fully saturated rings. The van der Waals surface area contributed by atoms with Crippen LogP contribution in [0.5, 0.6) is 0 Å². The molecule has 1 radical (unpaired) electrons. The number of pyridine rings is 1. The van der Waals surface area contributed by atoms with Gasteiger partial charge >= 0.3 is 0 Å². The molecular formula is C44H58IrNO2Si2-. The Morgan fingerprint density at radius 2 is 1.50 bits per heavy atom. The number of nitrogens with zero attached hydrogens (tertiary/aromatic N) is 1. The summed E-state index contributed by atoms with van der Waals surface area (Å²) in [5, 5.41) is 16.7. The van der Waals surface area contributed by atoms with Crippen molar-refractivity contribution in [3.05, 3.63) is 101 Å². The molecule has 0 unspecified atom stereocenters. The molecule has 0 atom stereocenters. The average molecular weight is 881 g/mol. The number of aliphatic hydroxyl groups is 1. The SMILES string of the molecule is CC(C)c1cc(-c2nccc3c2[Si](C)(C)C(c2ccc([Si](C)(C)C)cc2)=C3)[c-]c2ccccc12.CCC(CC)C(=O)/C=C(\O)C(CC)CC.[Ir]. The second kappa shape index (κ2) is 17.5. The largest absolute Gasteiger partial charge is 0.512 e. The third-order valence-electron chi connectivity index (χ3n) is 10.4. The van der Waals surface area contributed by atoms with E-state index in [4.69, 9.17) is 4.98 Å². The summed E-state index contributed by atoms with van der Waals surface area (Å²) < 4.78 is 0. The van der Waals surface area contributed by atoms with Crippen LogP contribution in [0, 0.1) is 17.9 Å². The van der Waals surface area contributed by atoms with E-state index >= 15 is 0 Å². The van der Waals surface area contributed by atoms with E-state index in [2.05, 4.69) is 119 Å². The summed E-state index contributed by atoms with van der Waals surface area (Å²) in [5.74, 6) is 0.991. The molecule has 0 amide bonds. The zero-order valence-corrected chi connectivity index (χ0v) is 36.6. The number of rotatable bonds is 11. The summed E-state index contributed by atoms with van der Waals surface area (Å²) in [6.07, 6.45) is 9.31. The van der Waals surface area contributed by atoms with Crippen molar-refractivity contribution in [3.63, 3.8) is 0 Å². The molecule has 1 aliphatic rings. The Labute approximate surface area is 318 Å². The van der Waals surface area contributed by atoms with Crippen molar-refractivity contribution in [3.8, 4) is 11.3 Å². The van der Waals surface area contributed by atoms with Crippen LogP contribution in [0.3, 0.4) is 0 Å². The van der Waals surface area contributed by atoms with Crippen LogP contribution < -0.4 is 10.4 Å². The maximum atomic E-state index is 11.7. The van der Waals surface area contributed by atoms with Crippen molar-refractivity contribution < 1.29 is 30.0 Å². The van der Waals surface area contributed by atoms with Gasteiger partial charge in [-0.3, -0.25) is 9.78 Å². The van der Waals surface area contributed by atoms with Crippen LogP contribution in [0.25, 0.3) is 33.3 Å². The van der Waals surface area contributed by atoms with Crippen molar-refractivity contribution in [1.82, 2.24) is 4.98 Å². The van der Waals surface area contributed by atoms with Crippen molar-refractivity contribution >= 4 is 54.3 Å². The molecule has 4 aromatic rings. The van der Waals surface area contributed by atoms with Crippen molar-refractivity contribution in [2.24, 2.45) is 11.8 Å². The molecule has 1 aliphatic heterocycles. The molecule has 1 N–H and O–H groups in total. The number of hydrogen-bond acceptors (Lipinski definition) is 3. The fourth-order valence-electron chi connectivity index (χ4n) is 7.17. The van der Waals surface area contributed by atoms with Gasteiger partial charge in [-0.25, -0.2) is 0 Å². The van der Waals surface area contributed by atoms with Gasteiger partial charge in [0, 0.05) is 49.9 Å². The van der Waals surface area contributed by atoms with Crippen LogP contribution in [-0.4, -0.2) is 32.0 Å². The predicted molar refractivity (Wildman–Crippen MR) is 218 cm³/mol. The molecule has 0 saturated carbocycles. The Balaban J connectivity index is 0.000000361. The van der Waals surface area contributed by atoms with Crippen LogP contribution in [0.4, 0.5) is 0 Å². The van der Waals surface area contributed by atoms with E-state index in [1.165, 1.54) is 49.1 Å². The van der Waals surface area contributed by atoms with Gasteiger partial charge in [0.1, 0.15) is 8.07 Å². The van der Waals surface area contributed by atoms with E-state index in [0.717, 1.165) is 36.9 Å². The maximum Gasteiger partial charge on any atom is 0.162 e. The first-order chi connectivity index (χ1) is 23.2. The van der Waals surface area contributed by atoms with E-state index in [1.807, 2.05) is 33.9 Å². The van der Waals surface area contributed by atoms with Crippen LogP contribution in [0.1, 0.15) is 89.8 Å². The number of fused-ring (bicyclic) bond motifs is 2. The average Bonchev–Trinajstić information content (AvgIpc) is 3.35. The van der Waals surface area contributed by atoms with Crippen molar-refractivity contribution in [2.45, 2.75) is 106 Å². The quantitative estimate of drug-likeness (QED) is 0.0707. The predicted octanol–water partition coefficient (Wildman–Crippen LogP) is 11.2. The minimum Gasteiger partial charge on any atom is -0.512 e. The standard InChI is InChI=1S/C31H34NSi2.C13H24O2.Ir/c1-21(2)28-19-25(18-23-10-8-9-11-27(23)28)30-31-24(16-17-32-30)20-29(34(31,6)7)22-12-14-26(15-13-22)33(3,4)5;1-5-10(6-2)12(14)9-13(15)11(7-3)8-4;/h8-17,19-21H,1-7H3;9-11,14H,5-8H2,1-4H3;/q-1;;/b;12-9-;. The molecule has 2 heterocycles. The van der Waals surface area contributed by atoms with Gasteiger partial charge in [0.05, 0.1) is 13.8 Å². The monoisotopic (exact) mass is 881 g/mol. The van der Waals surface area contributed by atoms with Crippen molar-refractivity contribution in [2.75, 3.05) is 0 Å². The summed E-state index contributed by atoms with van der Waals surface area (Å²) in [5.41, 5.74) is 6.32. The first kappa shape index (κ1) is 41.5. The van der Waals surface area contributed by atoms with Crippen LogP contribution in [0.15, 0.2) is 78.7 Å². The second-order valence-electron chi connectivity index (χ2n) is 15.5. The smallest absolute Gasteiger partial charge is 0.162 e. The van der Waals surface area contributed by atoms with Crippen molar-refractivity contribution in [1.29, 1.82) is 0 Å². The molecule has 269 valence electrons. The molecular weight excluding hydrogens is 823 g/mol. The van der Waals surface area contributed by atoms with E-state index in [0.29, 0.717) is 5.92 Å². The summed E-state index contributed by atoms with van der Waals surface area (Å²) in [6, 6.07) is 26.3. The van der Waals surface area contributed by atoms with E-state index in [1.54, 1.807) is 0 Å². The van der Waals surface area contributed by atoms with Gasteiger partial charge in [0.15, 0.2) is 5.78 Å². The number of allylic oxidation sites excluding steroid dienone is 2. The molecule has 0 saturated heterocycles. The molecule has 0 bridgehead atoms. The number of aliphatic hydroxyl groups excluding tert-OH is 1. The number of carbonyl (C=O) groups is 1. The van der Waals surface area contributed by atoms with Gasteiger partial charge in [0.2, 0.25) is 0 Å². The van der Waals surface area contributed by atoms with E-state index in [9.17, 15) is 9.90 Å². The van der Waals surface area contributed by atoms with Crippen LogP contribution in [0.2, 0.25) is 32.7 Å². The topological polar surface area (TPSA) is 50.2 Å². The fraction of sp³-hybridized carbons (Fsp3) is 0.409. The Bertz CT molecular complexity index is 1830. The molecule has 50 heavy (non-hydrogen) atoms. The number of hydrogen-bond donors (Lipinski definition) is 1. The molecule has 5 rings (SSSR count). The Hall–Kier alpha value is -2.90. The molecule has 3 aromatic carbocycles. The van der Waals surface area contributed by atoms with Gasteiger partial charge in [-0.15, -0.1) is 29.1 Å². The minimum absolute atomic E-state index is 0. The van der Waals surface area contributed by atoms with Gasteiger partial charge in [-0.1, -0.05) is 144 Å².